The van der Waals surface area contributed by atoms with Crippen molar-refractivity contribution in [1.82, 2.24) is 9.80 Å². The van der Waals surface area contributed by atoms with Gasteiger partial charge in [0.25, 0.3) is 5.78 Å². The molecule has 152 valence electrons. The summed E-state index contributed by atoms with van der Waals surface area (Å²) >= 11 is 0. The first-order valence-corrected chi connectivity index (χ1v) is 9.39. The Morgan fingerprint density at radius 3 is 2.38 bits per heavy atom. The molecule has 6 nitrogen and oxygen atoms in total. The van der Waals surface area contributed by atoms with Gasteiger partial charge in [-0.05, 0) is 35.9 Å². The molecule has 0 bridgehead atoms. The molecule has 4 rings (SSSR count). The van der Waals surface area contributed by atoms with Crippen LogP contribution in [0.25, 0.3) is 0 Å². The third kappa shape index (κ3) is 3.86. The molecule has 0 unspecified atom stereocenters. The van der Waals surface area contributed by atoms with Crippen LogP contribution in [0.15, 0.2) is 36.4 Å². The molecule has 2 aromatic rings. The minimum Gasteiger partial charge on any atom is -0.494 e. The lowest BCUT2D eigenvalue weighted by molar-refractivity contribution is -0.114. The zero-order chi connectivity index (χ0) is 20.5. The van der Waals surface area contributed by atoms with Crippen LogP contribution in [0.3, 0.4) is 0 Å². The summed E-state index contributed by atoms with van der Waals surface area (Å²) in [5, 5.41) is 0. The molecule has 1 amide bonds. The van der Waals surface area contributed by atoms with Gasteiger partial charge in [0, 0.05) is 32.7 Å². The van der Waals surface area contributed by atoms with Crippen molar-refractivity contribution in [1.29, 1.82) is 0 Å². The van der Waals surface area contributed by atoms with Gasteiger partial charge in [-0.25, -0.2) is 8.78 Å². The number of nitrogens with zero attached hydrogens (tertiary/aromatic N) is 3. The topological polar surface area (TPSA) is 53.1 Å². The van der Waals surface area contributed by atoms with Crippen LogP contribution in [-0.2, 0) is 11.3 Å². The minimum atomic E-state index is -0.623. The van der Waals surface area contributed by atoms with E-state index in [1.165, 1.54) is 36.3 Å². The van der Waals surface area contributed by atoms with E-state index in [0.717, 1.165) is 18.7 Å². The first-order chi connectivity index (χ1) is 14.0. The maximum atomic E-state index is 13.9. The number of fused-ring (bicyclic) bond motifs is 1. The lowest BCUT2D eigenvalue weighted by atomic mass is 10.1. The number of hydrogen-bond acceptors (Lipinski definition) is 5. The fraction of sp³-hybridized carbons (Fsp3) is 0.333. The van der Waals surface area contributed by atoms with Gasteiger partial charge in [-0.3, -0.25) is 24.3 Å². The quantitative estimate of drug-likeness (QED) is 0.720. The molecule has 0 radical (unpaired) electrons. The number of rotatable bonds is 5. The molecule has 0 N–H and O–H groups in total. The number of halogens is 2. The minimum absolute atomic E-state index is 0.222. The normalized spacial score (nSPS) is 17.7. The molecule has 2 aromatic carbocycles. The van der Waals surface area contributed by atoms with Crippen LogP contribution in [-0.4, -0.2) is 61.4 Å². The van der Waals surface area contributed by atoms with Crippen molar-refractivity contribution < 1.29 is 23.1 Å². The molecule has 2 heterocycles. The molecule has 29 heavy (non-hydrogen) atoms. The Bertz CT molecular complexity index is 958. The van der Waals surface area contributed by atoms with Gasteiger partial charge >= 0.3 is 5.91 Å². The van der Waals surface area contributed by atoms with Gasteiger partial charge in [-0.15, -0.1) is 0 Å². The summed E-state index contributed by atoms with van der Waals surface area (Å²) in [6.07, 6.45) is 0. The monoisotopic (exact) mass is 401 g/mol. The molecule has 0 aromatic heterocycles. The Morgan fingerprint density at radius 2 is 1.69 bits per heavy atom. The Labute approximate surface area is 167 Å². The van der Waals surface area contributed by atoms with Crippen molar-refractivity contribution in [2.45, 2.75) is 6.54 Å². The lowest BCUT2D eigenvalue weighted by Gasteiger charge is -2.36. The number of Topliss-reactive ketones (excluding diaryl/α,β-unsaturated/α-hetero) is 1. The maximum Gasteiger partial charge on any atom is 0.300 e. The van der Waals surface area contributed by atoms with Crippen molar-refractivity contribution in [2.24, 2.45) is 0 Å². The van der Waals surface area contributed by atoms with Gasteiger partial charge in [-0.2, -0.15) is 0 Å². The molecular formula is C21H21F2N3O3. The van der Waals surface area contributed by atoms with Crippen LogP contribution in [0.4, 0.5) is 14.5 Å². The Balaban J connectivity index is 1.36. The number of methoxy groups -OCH3 is 1. The Morgan fingerprint density at radius 1 is 0.966 bits per heavy atom. The predicted molar refractivity (Wildman–Crippen MR) is 103 cm³/mol. The van der Waals surface area contributed by atoms with Crippen LogP contribution in [0, 0.1) is 11.6 Å². The van der Waals surface area contributed by atoms with Gasteiger partial charge in [0.05, 0.1) is 25.0 Å². The first kappa shape index (κ1) is 19.5. The van der Waals surface area contributed by atoms with E-state index in [-0.39, 0.29) is 23.8 Å². The highest BCUT2D eigenvalue weighted by molar-refractivity contribution is 6.52. The number of hydrogen-bond donors (Lipinski definition) is 0. The second-order valence-corrected chi connectivity index (χ2v) is 7.23. The average Bonchev–Trinajstić information content (AvgIpc) is 2.94. The molecule has 0 spiro atoms. The molecule has 1 saturated heterocycles. The summed E-state index contributed by atoms with van der Waals surface area (Å²) in [6.45, 7) is 3.69. The Kier molecular flexibility index (Phi) is 5.29. The summed E-state index contributed by atoms with van der Waals surface area (Å²) < 4.78 is 32.4. The number of anilines is 1. The standard InChI is InChI=1S/C21H21F2N3O3/c1-29-19-5-2-14(10-17(19)23)12-24-6-8-25(9-7-24)13-26-18-11-15(22)3-4-16(18)20(27)21(26)28/h2-5,10-11H,6-9,12-13H2,1H3. The van der Waals surface area contributed by atoms with Crippen LogP contribution in [0.2, 0.25) is 0 Å². The summed E-state index contributed by atoms with van der Waals surface area (Å²) in [6, 6.07) is 8.71. The van der Waals surface area contributed by atoms with Crippen LogP contribution >= 0.6 is 0 Å². The van der Waals surface area contributed by atoms with Crippen LogP contribution in [0.5, 0.6) is 5.75 Å². The van der Waals surface area contributed by atoms with E-state index in [0.29, 0.717) is 25.3 Å². The van der Waals surface area contributed by atoms with Gasteiger partial charge in [-0.1, -0.05) is 6.07 Å². The third-order valence-electron chi connectivity index (χ3n) is 5.36. The third-order valence-corrected chi connectivity index (χ3v) is 5.36. The van der Waals surface area contributed by atoms with Gasteiger partial charge in [0.2, 0.25) is 0 Å². The molecule has 2 aliphatic heterocycles. The van der Waals surface area contributed by atoms with Crippen LogP contribution in [0.1, 0.15) is 15.9 Å². The summed E-state index contributed by atoms with van der Waals surface area (Å²) in [5.41, 5.74) is 1.44. The van der Waals surface area contributed by atoms with Crippen molar-refractivity contribution >= 4 is 17.4 Å². The van der Waals surface area contributed by atoms with E-state index in [1.54, 1.807) is 6.07 Å². The summed E-state index contributed by atoms with van der Waals surface area (Å²) in [5.74, 6) is -1.86. The Hall–Kier alpha value is -2.84. The molecule has 2 aliphatic rings. The van der Waals surface area contributed by atoms with Crippen molar-refractivity contribution in [3.63, 3.8) is 0 Å². The number of amides is 1. The molecule has 1 fully saturated rings. The first-order valence-electron chi connectivity index (χ1n) is 9.39. The average molecular weight is 401 g/mol. The molecule has 8 heteroatoms. The van der Waals surface area contributed by atoms with Gasteiger partial charge < -0.3 is 4.74 Å². The number of piperazine rings is 1. The number of carbonyl (C=O) groups is 2. The smallest absolute Gasteiger partial charge is 0.300 e. The highest BCUT2D eigenvalue weighted by Crippen LogP contribution is 2.30. The van der Waals surface area contributed by atoms with E-state index in [9.17, 15) is 18.4 Å². The van der Waals surface area contributed by atoms with Gasteiger partial charge in [0.1, 0.15) is 5.82 Å². The van der Waals surface area contributed by atoms with E-state index in [1.807, 2.05) is 6.07 Å². The second kappa shape index (κ2) is 7.88. The zero-order valence-corrected chi connectivity index (χ0v) is 16.0. The van der Waals surface area contributed by atoms with Crippen molar-refractivity contribution in [3.05, 3.63) is 59.2 Å². The number of benzene rings is 2. The van der Waals surface area contributed by atoms with Crippen molar-refractivity contribution in [2.75, 3.05) is 44.9 Å². The van der Waals surface area contributed by atoms with E-state index >= 15 is 0 Å². The lowest BCUT2D eigenvalue weighted by Crippen LogP contribution is -2.50. The van der Waals surface area contributed by atoms with E-state index < -0.39 is 17.5 Å². The molecule has 0 atom stereocenters. The second-order valence-electron chi connectivity index (χ2n) is 7.23. The fourth-order valence-electron chi connectivity index (χ4n) is 3.76. The number of ether oxygens (including phenoxy) is 1. The molecule has 0 aliphatic carbocycles. The number of carbonyl (C=O) groups excluding carboxylic acids is 2. The highest BCUT2D eigenvalue weighted by Gasteiger charge is 2.37. The molecule has 0 saturated carbocycles. The summed E-state index contributed by atoms with van der Waals surface area (Å²) in [4.78, 5) is 30.0. The van der Waals surface area contributed by atoms with E-state index in [2.05, 4.69) is 9.80 Å². The van der Waals surface area contributed by atoms with E-state index in [4.69, 9.17) is 4.74 Å². The fourth-order valence-corrected chi connectivity index (χ4v) is 3.76. The van der Waals surface area contributed by atoms with Crippen LogP contribution < -0.4 is 9.64 Å². The SMILES string of the molecule is COc1ccc(CN2CCN(CN3C(=O)C(=O)c4ccc(F)cc43)CC2)cc1F. The number of ketones is 1. The largest absolute Gasteiger partial charge is 0.494 e. The zero-order valence-electron chi connectivity index (χ0n) is 16.0. The van der Waals surface area contributed by atoms with Gasteiger partial charge in [0.15, 0.2) is 11.6 Å². The molecular weight excluding hydrogens is 380 g/mol. The van der Waals surface area contributed by atoms with Crippen molar-refractivity contribution in [3.8, 4) is 5.75 Å². The highest BCUT2D eigenvalue weighted by atomic mass is 19.1. The summed E-state index contributed by atoms with van der Waals surface area (Å²) in [7, 11) is 1.43. The predicted octanol–water partition coefficient (Wildman–Crippen LogP) is 2.28. The maximum absolute atomic E-state index is 13.9.